The number of fused-ring (bicyclic) bond motifs is 1. The van der Waals surface area contributed by atoms with Crippen molar-refractivity contribution >= 4 is 23.0 Å². The summed E-state index contributed by atoms with van der Waals surface area (Å²) < 4.78 is 19.9. The third kappa shape index (κ3) is 2.64. The van der Waals surface area contributed by atoms with E-state index in [0.717, 1.165) is 18.2 Å². The molecule has 0 aliphatic heterocycles. The fraction of sp³-hybridized carbons (Fsp3) is 0.312. The van der Waals surface area contributed by atoms with Gasteiger partial charge in [-0.3, -0.25) is 10.1 Å². The topological polar surface area (TPSA) is 62.6 Å². The summed E-state index contributed by atoms with van der Waals surface area (Å²) in [5.41, 5.74) is 1.49. The summed E-state index contributed by atoms with van der Waals surface area (Å²) in [5, 5.41) is 7.75. The molecule has 0 bridgehead atoms. The van der Waals surface area contributed by atoms with Gasteiger partial charge in [-0.1, -0.05) is 6.58 Å². The first-order valence-corrected chi connectivity index (χ1v) is 7.04. The summed E-state index contributed by atoms with van der Waals surface area (Å²) in [5.74, 6) is -0.161. The number of ether oxygens (including phenoxy) is 1. The van der Waals surface area contributed by atoms with Gasteiger partial charge in [0.1, 0.15) is 17.6 Å². The van der Waals surface area contributed by atoms with E-state index in [9.17, 15) is 4.39 Å². The smallest absolute Gasteiger partial charge is 0.167 e. The molecule has 114 valence electrons. The number of nitrogens with zero attached hydrogens (tertiary/aromatic N) is 3. The lowest BCUT2D eigenvalue weighted by molar-refractivity contribution is 0.191. The minimum absolute atomic E-state index is 0.239. The van der Waals surface area contributed by atoms with E-state index in [1.165, 1.54) is 12.4 Å². The average Bonchev–Trinajstić information content (AvgIpc) is 3.09. The van der Waals surface area contributed by atoms with E-state index in [2.05, 4.69) is 26.8 Å². The van der Waals surface area contributed by atoms with Crippen LogP contribution in [-0.2, 0) is 0 Å². The van der Waals surface area contributed by atoms with Crippen molar-refractivity contribution in [1.82, 2.24) is 10.2 Å². The number of nitrogens with one attached hydrogen (secondary N) is 1. The van der Waals surface area contributed by atoms with Gasteiger partial charge in [0, 0.05) is 18.5 Å². The molecule has 6 heteroatoms. The van der Waals surface area contributed by atoms with E-state index in [0.29, 0.717) is 16.9 Å². The van der Waals surface area contributed by atoms with Crippen LogP contribution >= 0.6 is 0 Å². The van der Waals surface area contributed by atoms with E-state index < -0.39 is 5.82 Å². The van der Waals surface area contributed by atoms with Crippen LogP contribution in [-0.4, -0.2) is 34.9 Å². The normalized spacial score (nSPS) is 17.1. The van der Waals surface area contributed by atoms with Gasteiger partial charge in [-0.05, 0) is 31.9 Å². The van der Waals surface area contributed by atoms with Crippen molar-refractivity contribution in [2.75, 3.05) is 7.05 Å². The lowest BCUT2D eigenvalue weighted by Crippen LogP contribution is -2.13. The average molecular weight is 300 g/mol. The number of hydrogen-bond donors (Lipinski definition) is 1. The highest BCUT2D eigenvalue weighted by Crippen LogP contribution is 2.41. The molecule has 0 radical (unpaired) electrons. The molecule has 1 N–H and O–H groups in total. The van der Waals surface area contributed by atoms with Crippen LogP contribution in [0.5, 0.6) is 5.75 Å². The summed E-state index contributed by atoms with van der Waals surface area (Å²) in [6, 6.07) is 3.05. The Hall–Kier alpha value is -2.50. The molecular formula is C16H17FN4O. The lowest BCUT2D eigenvalue weighted by Gasteiger charge is -2.13. The van der Waals surface area contributed by atoms with E-state index in [4.69, 9.17) is 4.74 Å². The monoisotopic (exact) mass is 300 g/mol. The number of rotatable bonds is 5. The van der Waals surface area contributed by atoms with E-state index in [-0.39, 0.29) is 11.4 Å². The van der Waals surface area contributed by atoms with E-state index >= 15 is 0 Å². The molecule has 3 rings (SSSR count). The second kappa shape index (κ2) is 5.36. The Morgan fingerprint density at radius 1 is 1.50 bits per heavy atom. The predicted octanol–water partition coefficient (Wildman–Crippen LogP) is 3.27. The Labute approximate surface area is 127 Å². The maximum atomic E-state index is 14.1. The largest absolute Gasteiger partial charge is 0.484 e. The highest BCUT2D eigenvalue weighted by Gasteiger charge is 2.40. The van der Waals surface area contributed by atoms with Crippen molar-refractivity contribution in [1.29, 1.82) is 0 Å². The van der Waals surface area contributed by atoms with Gasteiger partial charge >= 0.3 is 0 Å². The molecule has 0 amide bonds. The van der Waals surface area contributed by atoms with Crippen LogP contribution in [0.4, 0.5) is 4.39 Å². The van der Waals surface area contributed by atoms with Crippen LogP contribution in [0.15, 0.2) is 34.8 Å². The van der Waals surface area contributed by atoms with Crippen LogP contribution in [0.3, 0.4) is 0 Å². The number of hydrogen-bond acceptors (Lipinski definition) is 3. The van der Waals surface area contributed by atoms with Crippen molar-refractivity contribution < 1.29 is 9.13 Å². The Bertz CT molecular complexity index is 787. The number of aromatic amines is 1. The summed E-state index contributed by atoms with van der Waals surface area (Å²) >= 11 is 0. The maximum Gasteiger partial charge on any atom is 0.167 e. The summed E-state index contributed by atoms with van der Waals surface area (Å²) in [4.78, 5) is 8.00. The first-order chi connectivity index (χ1) is 10.6. The van der Waals surface area contributed by atoms with Gasteiger partial charge in [0.05, 0.1) is 11.2 Å². The van der Waals surface area contributed by atoms with Crippen molar-refractivity contribution in [2.45, 2.75) is 25.4 Å². The number of H-pyrrole nitrogens is 1. The Morgan fingerprint density at radius 3 is 2.91 bits per heavy atom. The molecule has 1 heterocycles. The summed E-state index contributed by atoms with van der Waals surface area (Å²) in [7, 11) is 1.63. The number of halogens is 1. The van der Waals surface area contributed by atoms with Crippen molar-refractivity contribution in [3.8, 4) is 5.75 Å². The van der Waals surface area contributed by atoms with Crippen molar-refractivity contribution in [2.24, 2.45) is 9.98 Å². The standard InChI is InChI=1S/C16H17FN4O/c1-4-12(19-9-18-3)15-10-7-14(22-16(2)5-6-16)11(17)8-13(10)20-21-15/h4,7-9H,1,5-6H2,2-3H3,(H,20,21)/b18-9-,19-12+. The third-order valence-electron chi connectivity index (χ3n) is 3.67. The second-order valence-electron chi connectivity index (χ2n) is 5.54. The Morgan fingerprint density at radius 2 is 2.27 bits per heavy atom. The van der Waals surface area contributed by atoms with Gasteiger partial charge in [-0.15, -0.1) is 0 Å². The lowest BCUT2D eigenvalue weighted by atomic mass is 10.1. The first kappa shape index (κ1) is 14.4. The highest BCUT2D eigenvalue weighted by molar-refractivity contribution is 6.16. The van der Waals surface area contributed by atoms with Crippen LogP contribution < -0.4 is 4.74 Å². The van der Waals surface area contributed by atoms with Gasteiger partial charge in [-0.2, -0.15) is 5.10 Å². The Kier molecular flexibility index (Phi) is 3.52. The highest BCUT2D eigenvalue weighted by atomic mass is 19.1. The molecule has 1 saturated carbocycles. The molecule has 2 aromatic rings. The molecule has 0 unspecified atom stereocenters. The Balaban J connectivity index is 2.08. The second-order valence-corrected chi connectivity index (χ2v) is 5.54. The summed E-state index contributed by atoms with van der Waals surface area (Å²) in [6.45, 7) is 5.71. The van der Waals surface area contributed by atoms with E-state index in [1.807, 2.05) is 6.92 Å². The van der Waals surface area contributed by atoms with Crippen molar-refractivity contribution in [3.05, 3.63) is 36.3 Å². The zero-order valence-electron chi connectivity index (χ0n) is 12.6. The molecule has 0 saturated heterocycles. The number of aliphatic imine (C=N–C) groups is 2. The number of benzene rings is 1. The SMILES string of the molecule is C=C/C(=N\C=N/C)c1n[nH]c2cc(F)c(OC3(C)CC3)cc12. The minimum Gasteiger partial charge on any atom is -0.484 e. The first-order valence-electron chi connectivity index (χ1n) is 7.04. The number of aromatic nitrogens is 2. The molecule has 0 atom stereocenters. The quantitative estimate of drug-likeness (QED) is 0.680. The van der Waals surface area contributed by atoms with E-state index in [1.54, 1.807) is 19.2 Å². The number of allylic oxidation sites excluding steroid dienone is 1. The molecule has 1 fully saturated rings. The van der Waals surface area contributed by atoms with Gasteiger partial charge in [0.25, 0.3) is 0 Å². The molecule has 0 spiro atoms. The predicted molar refractivity (Wildman–Crippen MR) is 85.5 cm³/mol. The van der Waals surface area contributed by atoms with Gasteiger partial charge in [-0.25, -0.2) is 9.38 Å². The van der Waals surface area contributed by atoms with Crippen LogP contribution in [0, 0.1) is 5.82 Å². The molecule has 1 aromatic heterocycles. The van der Waals surface area contributed by atoms with Crippen LogP contribution in [0.1, 0.15) is 25.5 Å². The zero-order valence-corrected chi connectivity index (χ0v) is 12.6. The fourth-order valence-electron chi connectivity index (χ4n) is 2.17. The molecule has 1 aromatic carbocycles. The molecule has 1 aliphatic rings. The van der Waals surface area contributed by atoms with Gasteiger partial charge in [0.15, 0.2) is 11.6 Å². The molecular weight excluding hydrogens is 283 g/mol. The molecule has 5 nitrogen and oxygen atoms in total. The van der Waals surface area contributed by atoms with Gasteiger partial charge < -0.3 is 4.74 Å². The minimum atomic E-state index is -0.400. The third-order valence-corrected chi connectivity index (χ3v) is 3.67. The van der Waals surface area contributed by atoms with Crippen molar-refractivity contribution in [3.63, 3.8) is 0 Å². The van der Waals surface area contributed by atoms with Crippen LogP contribution in [0.2, 0.25) is 0 Å². The molecule has 22 heavy (non-hydrogen) atoms. The fourth-order valence-corrected chi connectivity index (χ4v) is 2.17. The van der Waals surface area contributed by atoms with Gasteiger partial charge in [0.2, 0.25) is 0 Å². The zero-order chi connectivity index (χ0) is 15.7. The summed E-state index contributed by atoms with van der Waals surface area (Å²) in [6.07, 6.45) is 4.89. The van der Waals surface area contributed by atoms with Crippen LogP contribution in [0.25, 0.3) is 10.9 Å². The molecule has 1 aliphatic carbocycles. The maximum absolute atomic E-state index is 14.1.